The van der Waals surface area contributed by atoms with Crippen LogP contribution >= 0.6 is 23.2 Å². The van der Waals surface area contributed by atoms with E-state index in [1.54, 1.807) is 24.3 Å². The van der Waals surface area contributed by atoms with Crippen molar-refractivity contribution in [1.82, 2.24) is 10.2 Å². The molecule has 0 radical (unpaired) electrons. The Morgan fingerprint density at radius 1 is 1.13 bits per heavy atom. The van der Waals surface area contributed by atoms with Crippen LogP contribution in [0.2, 0.25) is 10.0 Å². The van der Waals surface area contributed by atoms with Gasteiger partial charge in [-0.15, -0.1) is 10.2 Å². The van der Waals surface area contributed by atoms with E-state index >= 15 is 0 Å². The van der Waals surface area contributed by atoms with Gasteiger partial charge in [0.25, 0.3) is 5.89 Å². The maximum Gasteiger partial charge on any atom is 0.338 e. The second-order valence-electron chi connectivity index (χ2n) is 6.78. The van der Waals surface area contributed by atoms with Crippen LogP contribution < -0.4 is 9.47 Å². The third-order valence-corrected chi connectivity index (χ3v) is 4.44. The first-order chi connectivity index (χ1) is 14.4. The number of aromatic nitrogens is 2. The van der Waals surface area contributed by atoms with Crippen molar-refractivity contribution in [2.45, 2.75) is 20.5 Å². The van der Waals surface area contributed by atoms with Crippen molar-refractivity contribution in [2.75, 3.05) is 13.7 Å². The van der Waals surface area contributed by atoms with Crippen LogP contribution in [-0.2, 0) is 11.3 Å². The lowest BCUT2D eigenvalue weighted by Crippen LogP contribution is -2.09. The van der Waals surface area contributed by atoms with Gasteiger partial charge in [0.1, 0.15) is 0 Å². The third-order valence-electron chi connectivity index (χ3n) is 3.91. The van der Waals surface area contributed by atoms with E-state index in [4.69, 9.17) is 41.8 Å². The van der Waals surface area contributed by atoms with Crippen LogP contribution in [0.5, 0.6) is 11.5 Å². The Labute approximate surface area is 183 Å². The monoisotopic (exact) mass is 450 g/mol. The van der Waals surface area contributed by atoms with Gasteiger partial charge in [-0.25, -0.2) is 4.79 Å². The Balaban J connectivity index is 1.67. The first-order valence-electron chi connectivity index (χ1n) is 9.13. The summed E-state index contributed by atoms with van der Waals surface area (Å²) in [4.78, 5) is 12.4. The lowest BCUT2D eigenvalue weighted by molar-refractivity contribution is 0.0438. The number of halogens is 2. The first-order valence-corrected chi connectivity index (χ1v) is 9.88. The van der Waals surface area contributed by atoms with Crippen molar-refractivity contribution in [3.63, 3.8) is 0 Å². The smallest absolute Gasteiger partial charge is 0.338 e. The zero-order valence-electron chi connectivity index (χ0n) is 16.6. The van der Waals surface area contributed by atoms with Crippen molar-refractivity contribution in [3.8, 4) is 23.0 Å². The van der Waals surface area contributed by atoms with Gasteiger partial charge in [-0.1, -0.05) is 37.0 Å². The summed E-state index contributed by atoms with van der Waals surface area (Å²) in [5.74, 6) is 0.878. The lowest BCUT2D eigenvalue weighted by Gasteiger charge is -2.15. The molecule has 0 atom stereocenters. The molecule has 0 aliphatic rings. The van der Waals surface area contributed by atoms with Crippen molar-refractivity contribution < 1.29 is 23.4 Å². The Kier molecular flexibility index (Phi) is 7.18. The average molecular weight is 451 g/mol. The summed E-state index contributed by atoms with van der Waals surface area (Å²) in [6.07, 6.45) is 0. The Morgan fingerprint density at radius 3 is 2.53 bits per heavy atom. The quantitative estimate of drug-likeness (QED) is 0.422. The molecule has 3 rings (SSSR count). The number of hydrogen-bond donors (Lipinski definition) is 0. The highest BCUT2D eigenvalue weighted by Gasteiger charge is 2.18. The van der Waals surface area contributed by atoms with Crippen molar-refractivity contribution in [2.24, 2.45) is 5.92 Å². The molecule has 7 nitrogen and oxygen atoms in total. The molecule has 0 saturated carbocycles. The van der Waals surface area contributed by atoms with Gasteiger partial charge >= 0.3 is 5.97 Å². The number of nitrogens with zero attached hydrogens (tertiary/aromatic N) is 2. The first kappa shape index (κ1) is 21.9. The predicted molar refractivity (Wildman–Crippen MR) is 112 cm³/mol. The molecule has 2 aromatic carbocycles. The second kappa shape index (κ2) is 9.82. The van der Waals surface area contributed by atoms with Crippen molar-refractivity contribution >= 4 is 29.2 Å². The molecule has 158 valence electrons. The Morgan fingerprint density at radius 2 is 1.87 bits per heavy atom. The minimum absolute atomic E-state index is 0.156. The highest BCUT2D eigenvalue weighted by atomic mass is 35.5. The Bertz CT molecular complexity index is 1020. The standard InChI is InChI=1S/C21H20Cl2N2O5/c1-12(2)10-28-19-16(23)8-14(9-17(19)27-3)21(26)29-11-18-24-25-20(30-18)13-4-6-15(22)7-5-13/h4-9,12H,10-11H2,1-3H3. The van der Waals surface area contributed by atoms with E-state index < -0.39 is 5.97 Å². The minimum atomic E-state index is -0.614. The summed E-state index contributed by atoms with van der Waals surface area (Å²) in [7, 11) is 1.47. The van der Waals surface area contributed by atoms with Gasteiger partial charge in [0.2, 0.25) is 5.89 Å². The van der Waals surface area contributed by atoms with Crippen LogP contribution in [0, 0.1) is 5.92 Å². The van der Waals surface area contributed by atoms with E-state index in [1.165, 1.54) is 19.2 Å². The molecule has 0 aliphatic heterocycles. The zero-order chi connectivity index (χ0) is 21.7. The number of hydrogen-bond acceptors (Lipinski definition) is 7. The van der Waals surface area contributed by atoms with Gasteiger partial charge in [-0.05, 0) is 42.3 Å². The van der Waals surface area contributed by atoms with E-state index in [9.17, 15) is 4.79 Å². The van der Waals surface area contributed by atoms with E-state index in [-0.39, 0.29) is 23.1 Å². The maximum absolute atomic E-state index is 12.4. The van der Waals surface area contributed by atoms with E-state index in [0.29, 0.717) is 40.5 Å². The number of benzene rings is 2. The maximum atomic E-state index is 12.4. The van der Waals surface area contributed by atoms with Crippen molar-refractivity contribution in [3.05, 3.63) is 57.9 Å². The number of esters is 1. The molecule has 0 amide bonds. The molecule has 0 fully saturated rings. The van der Waals surface area contributed by atoms with Gasteiger partial charge in [0.05, 0.1) is 24.3 Å². The summed E-state index contributed by atoms with van der Waals surface area (Å²) >= 11 is 12.1. The fourth-order valence-electron chi connectivity index (χ4n) is 2.46. The van der Waals surface area contributed by atoms with Crippen LogP contribution in [-0.4, -0.2) is 29.9 Å². The van der Waals surface area contributed by atoms with Crippen LogP contribution in [0.3, 0.4) is 0 Å². The topological polar surface area (TPSA) is 83.7 Å². The highest BCUT2D eigenvalue weighted by molar-refractivity contribution is 6.32. The highest BCUT2D eigenvalue weighted by Crippen LogP contribution is 2.37. The molecule has 9 heteroatoms. The van der Waals surface area contributed by atoms with Crippen LogP contribution in [0.25, 0.3) is 11.5 Å². The fraction of sp³-hybridized carbons (Fsp3) is 0.286. The average Bonchev–Trinajstić information content (AvgIpc) is 3.20. The molecule has 0 spiro atoms. The van der Waals surface area contributed by atoms with Gasteiger partial charge in [0.15, 0.2) is 18.1 Å². The normalized spacial score (nSPS) is 10.9. The summed E-state index contributed by atoms with van der Waals surface area (Å²) in [6.45, 7) is 4.31. The summed E-state index contributed by atoms with van der Waals surface area (Å²) in [6, 6.07) is 9.91. The van der Waals surface area contributed by atoms with Crippen molar-refractivity contribution in [1.29, 1.82) is 0 Å². The van der Waals surface area contributed by atoms with E-state index in [2.05, 4.69) is 10.2 Å². The molecule has 3 aromatic rings. The molecule has 0 saturated heterocycles. The van der Waals surface area contributed by atoms with Crippen LogP contribution in [0.15, 0.2) is 40.8 Å². The third kappa shape index (κ3) is 5.43. The minimum Gasteiger partial charge on any atom is -0.493 e. The zero-order valence-corrected chi connectivity index (χ0v) is 18.2. The summed E-state index contributed by atoms with van der Waals surface area (Å²) in [5.41, 5.74) is 0.921. The molecule has 30 heavy (non-hydrogen) atoms. The summed E-state index contributed by atoms with van der Waals surface area (Å²) in [5, 5.41) is 8.69. The SMILES string of the molecule is COc1cc(C(=O)OCc2nnc(-c3ccc(Cl)cc3)o2)cc(Cl)c1OCC(C)C. The molecule has 0 N–H and O–H groups in total. The number of carbonyl (C=O) groups is 1. The molecular formula is C21H20Cl2N2O5. The lowest BCUT2D eigenvalue weighted by atomic mass is 10.2. The van der Waals surface area contributed by atoms with Gasteiger partial charge < -0.3 is 18.6 Å². The van der Waals surface area contributed by atoms with Gasteiger partial charge in [-0.3, -0.25) is 0 Å². The Hall–Kier alpha value is -2.77. The van der Waals surface area contributed by atoms with Crippen LogP contribution in [0.4, 0.5) is 0 Å². The molecule has 0 unspecified atom stereocenters. The number of rotatable bonds is 8. The number of methoxy groups -OCH3 is 1. The molecule has 0 bridgehead atoms. The van der Waals surface area contributed by atoms with Crippen LogP contribution in [0.1, 0.15) is 30.1 Å². The fourth-order valence-corrected chi connectivity index (χ4v) is 2.85. The molecule has 1 aromatic heterocycles. The van der Waals surface area contributed by atoms with Gasteiger partial charge in [0, 0.05) is 10.6 Å². The second-order valence-corrected chi connectivity index (χ2v) is 7.62. The predicted octanol–water partition coefficient (Wildman–Crippen LogP) is 5.44. The largest absolute Gasteiger partial charge is 0.493 e. The number of carbonyl (C=O) groups excluding carboxylic acids is 1. The van der Waals surface area contributed by atoms with E-state index in [1.807, 2.05) is 13.8 Å². The number of ether oxygens (including phenoxy) is 3. The molecular weight excluding hydrogens is 431 g/mol. The van der Waals surface area contributed by atoms with Gasteiger partial charge in [-0.2, -0.15) is 0 Å². The summed E-state index contributed by atoms with van der Waals surface area (Å²) < 4.78 is 21.8. The van der Waals surface area contributed by atoms with E-state index in [0.717, 1.165) is 0 Å². The molecule has 0 aliphatic carbocycles. The molecule has 1 heterocycles.